The summed E-state index contributed by atoms with van der Waals surface area (Å²) >= 11 is 0. The van der Waals surface area contributed by atoms with E-state index in [4.69, 9.17) is 0 Å². The van der Waals surface area contributed by atoms with Crippen LogP contribution in [0.3, 0.4) is 0 Å². The summed E-state index contributed by atoms with van der Waals surface area (Å²) in [6, 6.07) is 0. The first-order valence-electron chi connectivity index (χ1n) is 7.57. The Hall–Kier alpha value is -0.0800. The Morgan fingerprint density at radius 3 is 2.35 bits per heavy atom. The Morgan fingerprint density at radius 1 is 1.12 bits per heavy atom. The smallest absolute Gasteiger partial charge is 0.00472 e. The summed E-state index contributed by atoms with van der Waals surface area (Å²) in [5.41, 5.74) is 0.609. The fourth-order valence-corrected chi connectivity index (χ4v) is 3.89. The van der Waals surface area contributed by atoms with Gasteiger partial charge in [0.05, 0.1) is 0 Å². The molecule has 0 bridgehead atoms. The van der Waals surface area contributed by atoms with E-state index in [2.05, 4.69) is 24.3 Å². The lowest BCUT2D eigenvalue weighted by Gasteiger charge is -2.45. The molecule has 0 radical (unpaired) electrons. The standard InChI is InChI=1S/C15H30N2/c1-16-12-15(9-6-10-15)13-17(2)11-14-7-4-3-5-8-14/h14,16H,3-13H2,1-2H3. The van der Waals surface area contributed by atoms with Crippen LogP contribution in [0.2, 0.25) is 0 Å². The molecule has 17 heavy (non-hydrogen) atoms. The average molecular weight is 238 g/mol. The first kappa shape index (κ1) is 13.4. The van der Waals surface area contributed by atoms with Gasteiger partial charge in [-0.3, -0.25) is 0 Å². The van der Waals surface area contributed by atoms with Crippen molar-refractivity contribution in [2.75, 3.05) is 33.7 Å². The molecule has 0 unspecified atom stereocenters. The van der Waals surface area contributed by atoms with Crippen molar-refractivity contribution in [2.24, 2.45) is 11.3 Å². The van der Waals surface area contributed by atoms with Crippen LogP contribution in [0, 0.1) is 11.3 Å². The van der Waals surface area contributed by atoms with Crippen LogP contribution in [0.1, 0.15) is 51.4 Å². The van der Waals surface area contributed by atoms with E-state index < -0.39 is 0 Å². The fraction of sp³-hybridized carbons (Fsp3) is 1.00. The summed E-state index contributed by atoms with van der Waals surface area (Å²) in [4.78, 5) is 2.62. The maximum absolute atomic E-state index is 3.39. The van der Waals surface area contributed by atoms with Crippen molar-refractivity contribution in [1.29, 1.82) is 0 Å². The molecule has 0 spiro atoms. The molecule has 0 heterocycles. The number of hydrogen-bond acceptors (Lipinski definition) is 2. The minimum atomic E-state index is 0.609. The van der Waals surface area contributed by atoms with E-state index in [0.717, 1.165) is 5.92 Å². The maximum Gasteiger partial charge on any atom is 0.00472 e. The fourth-order valence-electron chi connectivity index (χ4n) is 3.89. The Labute approximate surface area is 107 Å². The van der Waals surface area contributed by atoms with Crippen molar-refractivity contribution in [1.82, 2.24) is 10.2 Å². The summed E-state index contributed by atoms with van der Waals surface area (Å²) in [5.74, 6) is 0.987. The zero-order valence-corrected chi connectivity index (χ0v) is 11.8. The normalized spacial score (nSPS) is 24.9. The second-order valence-corrected chi connectivity index (χ2v) is 6.58. The SMILES string of the molecule is CNCC1(CN(C)CC2CCCCC2)CCC1. The van der Waals surface area contributed by atoms with Gasteiger partial charge in [0.1, 0.15) is 0 Å². The quantitative estimate of drug-likeness (QED) is 0.765. The van der Waals surface area contributed by atoms with Gasteiger partial charge in [0.25, 0.3) is 0 Å². The lowest BCUT2D eigenvalue weighted by molar-refractivity contribution is 0.0695. The predicted octanol–water partition coefficient (Wildman–Crippen LogP) is 2.89. The van der Waals surface area contributed by atoms with Crippen LogP contribution < -0.4 is 5.32 Å². The van der Waals surface area contributed by atoms with Crippen LogP contribution in [0.25, 0.3) is 0 Å². The summed E-state index contributed by atoms with van der Waals surface area (Å²) in [6.45, 7) is 3.86. The summed E-state index contributed by atoms with van der Waals surface area (Å²) in [5, 5.41) is 3.39. The molecule has 0 aliphatic heterocycles. The van der Waals surface area contributed by atoms with Crippen LogP contribution in [-0.2, 0) is 0 Å². The van der Waals surface area contributed by atoms with Crippen LogP contribution in [0.4, 0.5) is 0 Å². The molecule has 0 atom stereocenters. The molecule has 0 aromatic rings. The van der Waals surface area contributed by atoms with E-state index in [9.17, 15) is 0 Å². The largest absolute Gasteiger partial charge is 0.319 e. The van der Waals surface area contributed by atoms with Gasteiger partial charge in [0.15, 0.2) is 0 Å². The van der Waals surface area contributed by atoms with Gasteiger partial charge < -0.3 is 10.2 Å². The third-order valence-electron chi connectivity index (χ3n) is 4.87. The minimum absolute atomic E-state index is 0.609. The van der Waals surface area contributed by atoms with Crippen LogP contribution in [0.5, 0.6) is 0 Å². The highest BCUT2D eigenvalue weighted by atomic mass is 15.1. The number of nitrogens with zero attached hydrogens (tertiary/aromatic N) is 1. The van der Waals surface area contributed by atoms with E-state index in [1.54, 1.807) is 0 Å². The van der Waals surface area contributed by atoms with Crippen molar-refractivity contribution in [2.45, 2.75) is 51.4 Å². The molecule has 0 saturated heterocycles. The average Bonchev–Trinajstić information content (AvgIpc) is 2.27. The van der Waals surface area contributed by atoms with Gasteiger partial charge >= 0.3 is 0 Å². The van der Waals surface area contributed by atoms with Gasteiger partial charge in [-0.1, -0.05) is 25.7 Å². The maximum atomic E-state index is 3.39. The topological polar surface area (TPSA) is 15.3 Å². The van der Waals surface area contributed by atoms with Crippen molar-refractivity contribution in [3.8, 4) is 0 Å². The number of rotatable bonds is 6. The van der Waals surface area contributed by atoms with Gasteiger partial charge in [0, 0.05) is 19.6 Å². The Bertz CT molecular complexity index is 217. The third kappa shape index (κ3) is 3.69. The van der Waals surface area contributed by atoms with E-state index in [1.165, 1.54) is 71.0 Å². The molecule has 2 heteroatoms. The Balaban J connectivity index is 1.73. The second-order valence-electron chi connectivity index (χ2n) is 6.58. The summed E-state index contributed by atoms with van der Waals surface area (Å²) < 4.78 is 0. The minimum Gasteiger partial charge on any atom is -0.319 e. The monoisotopic (exact) mass is 238 g/mol. The van der Waals surface area contributed by atoms with Crippen molar-refractivity contribution in [3.63, 3.8) is 0 Å². The number of hydrogen-bond donors (Lipinski definition) is 1. The molecule has 0 amide bonds. The van der Waals surface area contributed by atoms with E-state index in [1.807, 2.05) is 0 Å². The second kappa shape index (κ2) is 6.19. The van der Waals surface area contributed by atoms with Gasteiger partial charge in [-0.15, -0.1) is 0 Å². The molecule has 2 saturated carbocycles. The highest BCUT2D eigenvalue weighted by molar-refractivity contribution is 4.91. The first-order valence-corrected chi connectivity index (χ1v) is 7.57. The van der Waals surface area contributed by atoms with Gasteiger partial charge in [-0.05, 0) is 51.1 Å². The first-order chi connectivity index (χ1) is 8.24. The molecule has 0 aromatic heterocycles. The zero-order valence-electron chi connectivity index (χ0n) is 11.8. The molecule has 2 aliphatic rings. The van der Waals surface area contributed by atoms with Gasteiger partial charge in [-0.2, -0.15) is 0 Å². The van der Waals surface area contributed by atoms with E-state index >= 15 is 0 Å². The van der Waals surface area contributed by atoms with Gasteiger partial charge in [0.2, 0.25) is 0 Å². The van der Waals surface area contributed by atoms with E-state index in [-0.39, 0.29) is 0 Å². The molecule has 0 aromatic carbocycles. The highest BCUT2D eigenvalue weighted by Crippen LogP contribution is 2.41. The van der Waals surface area contributed by atoms with Gasteiger partial charge in [-0.25, -0.2) is 0 Å². The van der Waals surface area contributed by atoms with Crippen molar-refractivity contribution >= 4 is 0 Å². The highest BCUT2D eigenvalue weighted by Gasteiger charge is 2.37. The van der Waals surface area contributed by atoms with Crippen LogP contribution in [0.15, 0.2) is 0 Å². The summed E-state index contributed by atoms with van der Waals surface area (Å²) in [7, 11) is 4.44. The lowest BCUT2D eigenvalue weighted by atomic mass is 9.68. The molecular weight excluding hydrogens is 208 g/mol. The van der Waals surface area contributed by atoms with E-state index in [0.29, 0.717) is 5.41 Å². The molecule has 2 rings (SSSR count). The molecule has 2 aliphatic carbocycles. The Morgan fingerprint density at radius 2 is 1.82 bits per heavy atom. The number of nitrogens with one attached hydrogen (secondary N) is 1. The third-order valence-corrected chi connectivity index (χ3v) is 4.87. The van der Waals surface area contributed by atoms with Crippen LogP contribution in [-0.4, -0.2) is 38.6 Å². The molecule has 100 valence electrons. The van der Waals surface area contributed by atoms with Crippen molar-refractivity contribution < 1.29 is 0 Å². The molecule has 1 N–H and O–H groups in total. The predicted molar refractivity (Wildman–Crippen MR) is 74.3 cm³/mol. The Kier molecular flexibility index (Phi) is 4.87. The molecule has 2 nitrogen and oxygen atoms in total. The molecular formula is C15H30N2. The summed E-state index contributed by atoms with van der Waals surface area (Å²) in [6.07, 6.45) is 11.7. The molecule has 2 fully saturated rings. The lowest BCUT2D eigenvalue weighted by Crippen LogP contribution is -2.47. The van der Waals surface area contributed by atoms with Crippen LogP contribution >= 0.6 is 0 Å². The zero-order chi connectivity index (χ0) is 12.1. The van der Waals surface area contributed by atoms with Crippen molar-refractivity contribution in [3.05, 3.63) is 0 Å².